The van der Waals surface area contributed by atoms with Gasteiger partial charge in [0.25, 0.3) is 0 Å². The average Bonchev–Trinajstić information content (AvgIpc) is 2.75. The molecule has 0 radical (unpaired) electrons. The first-order valence-corrected chi connectivity index (χ1v) is 11.0. The highest BCUT2D eigenvalue weighted by molar-refractivity contribution is 5.38. The van der Waals surface area contributed by atoms with Gasteiger partial charge in [-0.15, -0.1) is 0 Å². The third-order valence-corrected chi connectivity index (χ3v) is 6.18. The number of aliphatic hydroxyl groups is 1. The Labute approximate surface area is 187 Å². The maximum absolute atomic E-state index is 10.8. The summed E-state index contributed by atoms with van der Waals surface area (Å²) in [7, 11) is 0. The molecule has 2 atom stereocenters. The van der Waals surface area contributed by atoms with Crippen molar-refractivity contribution in [3.05, 3.63) is 99.1 Å². The van der Waals surface area contributed by atoms with Gasteiger partial charge < -0.3 is 15.2 Å². The molecule has 0 heterocycles. The van der Waals surface area contributed by atoms with E-state index in [2.05, 4.69) is 69.4 Å². The Balaban J connectivity index is 1.59. The lowest BCUT2D eigenvalue weighted by Gasteiger charge is -2.22. The molecule has 0 aliphatic heterocycles. The highest BCUT2D eigenvalue weighted by Gasteiger charge is 2.17. The van der Waals surface area contributed by atoms with Gasteiger partial charge in [-0.1, -0.05) is 42.5 Å². The SMILES string of the molecule is Cc1ccc(CNC(C)C(O)c2ccc(OCc3ccc(C)c(C)c3)c(C)c2)cc1C. The van der Waals surface area contributed by atoms with Crippen molar-refractivity contribution in [3.63, 3.8) is 0 Å². The minimum absolute atomic E-state index is 0.0664. The number of rotatable bonds is 8. The molecule has 0 saturated heterocycles. The van der Waals surface area contributed by atoms with Crippen LogP contribution in [0.4, 0.5) is 0 Å². The molecule has 164 valence electrons. The van der Waals surface area contributed by atoms with Gasteiger partial charge in [-0.05, 0) is 98.2 Å². The van der Waals surface area contributed by atoms with E-state index in [1.165, 1.54) is 27.8 Å². The van der Waals surface area contributed by atoms with Crippen molar-refractivity contribution in [2.45, 2.75) is 66.8 Å². The van der Waals surface area contributed by atoms with Crippen molar-refractivity contribution in [3.8, 4) is 5.75 Å². The number of aryl methyl sites for hydroxylation is 5. The van der Waals surface area contributed by atoms with Gasteiger partial charge in [0, 0.05) is 12.6 Å². The third-order valence-electron chi connectivity index (χ3n) is 6.18. The van der Waals surface area contributed by atoms with Crippen LogP contribution in [-0.4, -0.2) is 11.1 Å². The molecule has 0 bridgehead atoms. The Morgan fingerprint density at radius 2 is 1.35 bits per heavy atom. The van der Waals surface area contributed by atoms with Crippen LogP contribution < -0.4 is 10.1 Å². The van der Waals surface area contributed by atoms with Gasteiger partial charge >= 0.3 is 0 Å². The lowest BCUT2D eigenvalue weighted by Crippen LogP contribution is -2.31. The normalized spacial score (nSPS) is 13.1. The van der Waals surface area contributed by atoms with Crippen LogP contribution in [0.15, 0.2) is 54.6 Å². The van der Waals surface area contributed by atoms with Gasteiger partial charge in [-0.3, -0.25) is 0 Å². The van der Waals surface area contributed by atoms with Gasteiger partial charge in [0.15, 0.2) is 0 Å². The molecule has 2 N–H and O–H groups in total. The van der Waals surface area contributed by atoms with Crippen molar-refractivity contribution in [2.24, 2.45) is 0 Å². The monoisotopic (exact) mass is 417 g/mol. The van der Waals surface area contributed by atoms with E-state index in [9.17, 15) is 5.11 Å². The standard InChI is InChI=1S/C28H35NO2/c1-18-7-9-24(13-20(18)3)16-29-23(6)28(30)26-11-12-27(22(5)15-26)31-17-25-10-8-19(2)21(4)14-25/h7-15,23,28-30H,16-17H2,1-6H3. The highest BCUT2D eigenvalue weighted by Crippen LogP contribution is 2.26. The second kappa shape index (κ2) is 10.1. The van der Waals surface area contributed by atoms with Gasteiger partial charge in [0.1, 0.15) is 12.4 Å². The summed E-state index contributed by atoms with van der Waals surface area (Å²) in [6.45, 7) is 13.8. The fraction of sp³-hybridized carbons (Fsp3) is 0.357. The molecule has 3 aromatic rings. The molecular weight excluding hydrogens is 382 g/mol. The second-order valence-electron chi connectivity index (χ2n) is 8.77. The predicted molar refractivity (Wildman–Crippen MR) is 129 cm³/mol. The zero-order chi connectivity index (χ0) is 22.5. The molecule has 0 aliphatic carbocycles. The first kappa shape index (κ1) is 23.1. The van der Waals surface area contributed by atoms with Crippen LogP contribution >= 0.6 is 0 Å². The Morgan fingerprint density at radius 1 is 0.742 bits per heavy atom. The van der Waals surface area contributed by atoms with E-state index in [0.29, 0.717) is 6.61 Å². The summed E-state index contributed by atoms with van der Waals surface area (Å²) in [6, 6.07) is 18.8. The summed E-state index contributed by atoms with van der Waals surface area (Å²) < 4.78 is 6.04. The number of nitrogens with one attached hydrogen (secondary N) is 1. The summed E-state index contributed by atoms with van der Waals surface area (Å²) in [5.74, 6) is 0.852. The highest BCUT2D eigenvalue weighted by atomic mass is 16.5. The number of benzene rings is 3. The van der Waals surface area contributed by atoms with Gasteiger partial charge in [0.2, 0.25) is 0 Å². The number of hydrogen-bond donors (Lipinski definition) is 2. The van der Waals surface area contributed by atoms with E-state index in [1.807, 2.05) is 32.0 Å². The van der Waals surface area contributed by atoms with Gasteiger partial charge in [0.05, 0.1) is 6.10 Å². The van der Waals surface area contributed by atoms with E-state index in [1.54, 1.807) is 0 Å². The topological polar surface area (TPSA) is 41.5 Å². The first-order chi connectivity index (χ1) is 14.7. The maximum Gasteiger partial charge on any atom is 0.122 e. The van der Waals surface area contributed by atoms with Crippen molar-refractivity contribution in [1.82, 2.24) is 5.32 Å². The van der Waals surface area contributed by atoms with Crippen LogP contribution in [0.3, 0.4) is 0 Å². The molecule has 0 fully saturated rings. The molecule has 0 saturated carbocycles. The Bertz CT molecular complexity index is 1040. The lowest BCUT2D eigenvalue weighted by molar-refractivity contribution is 0.135. The fourth-order valence-electron chi connectivity index (χ4n) is 3.67. The minimum Gasteiger partial charge on any atom is -0.489 e. The molecule has 3 aromatic carbocycles. The Kier molecular flexibility index (Phi) is 7.53. The van der Waals surface area contributed by atoms with Crippen LogP contribution in [0.2, 0.25) is 0 Å². The maximum atomic E-state index is 10.8. The Hall–Kier alpha value is -2.62. The van der Waals surface area contributed by atoms with Crippen LogP contribution in [0.5, 0.6) is 5.75 Å². The van der Waals surface area contributed by atoms with Crippen molar-refractivity contribution in [1.29, 1.82) is 0 Å². The molecule has 3 rings (SSSR count). The van der Waals surface area contributed by atoms with Crippen LogP contribution in [0.25, 0.3) is 0 Å². The quantitative estimate of drug-likeness (QED) is 0.471. The predicted octanol–water partition coefficient (Wildman–Crippen LogP) is 6.02. The minimum atomic E-state index is -0.584. The van der Waals surface area contributed by atoms with E-state index in [-0.39, 0.29) is 6.04 Å². The van der Waals surface area contributed by atoms with E-state index in [4.69, 9.17) is 4.74 Å². The molecule has 31 heavy (non-hydrogen) atoms. The molecule has 3 heteroatoms. The summed E-state index contributed by atoms with van der Waals surface area (Å²) in [5, 5.41) is 14.3. The molecule has 2 unspecified atom stereocenters. The van der Waals surface area contributed by atoms with Crippen LogP contribution in [-0.2, 0) is 13.2 Å². The summed E-state index contributed by atoms with van der Waals surface area (Å²) in [6.07, 6.45) is -0.584. The van der Waals surface area contributed by atoms with E-state index < -0.39 is 6.10 Å². The average molecular weight is 418 g/mol. The molecule has 0 spiro atoms. The zero-order valence-electron chi connectivity index (χ0n) is 19.6. The zero-order valence-corrected chi connectivity index (χ0v) is 19.6. The first-order valence-electron chi connectivity index (χ1n) is 11.0. The van der Waals surface area contributed by atoms with Crippen molar-refractivity contribution < 1.29 is 9.84 Å². The summed E-state index contributed by atoms with van der Waals surface area (Å²) >= 11 is 0. The third kappa shape index (κ3) is 5.96. The smallest absolute Gasteiger partial charge is 0.122 e. The number of ether oxygens (including phenoxy) is 1. The molecule has 0 aromatic heterocycles. The Morgan fingerprint density at radius 3 is 1.97 bits per heavy atom. The van der Waals surface area contributed by atoms with E-state index >= 15 is 0 Å². The molecule has 3 nitrogen and oxygen atoms in total. The van der Waals surface area contributed by atoms with E-state index in [0.717, 1.165) is 29.0 Å². The summed E-state index contributed by atoms with van der Waals surface area (Å²) in [4.78, 5) is 0. The van der Waals surface area contributed by atoms with Crippen molar-refractivity contribution >= 4 is 0 Å². The molecular formula is C28H35NO2. The van der Waals surface area contributed by atoms with Gasteiger partial charge in [-0.2, -0.15) is 0 Å². The van der Waals surface area contributed by atoms with Gasteiger partial charge in [-0.25, -0.2) is 0 Å². The molecule has 0 amide bonds. The van der Waals surface area contributed by atoms with Crippen LogP contribution in [0, 0.1) is 34.6 Å². The molecule has 0 aliphatic rings. The summed E-state index contributed by atoms with van der Waals surface area (Å²) in [5.41, 5.74) is 9.48. The largest absolute Gasteiger partial charge is 0.489 e. The van der Waals surface area contributed by atoms with Crippen molar-refractivity contribution in [2.75, 3.05) is 0 Å². The van der Waals surface area contributed by atoms with Crippen LogP contribution in [0.1, 0.15) is 57.5 Å². The number of aliphatic hydroxyl groups excluding tert-OH is 1. The fourth-order valence-corrected chi connectivity index (χ4v) is 3.67. The lowest BCUT2D eigenvalue weighted by atomic mass is 10.0. The number of hydrogen-bond acceptors (Lipinski definition) is 3. The second-order valence-corrected chi connectivity index (χ2v) is 8.77.